The van der Waals surface area contributed by atoms with E-state index in [0.29, 0.717) is 34.5 Å². The van der Waals surface area contributed by atoms with Crippen LogP contribution in [-0.2, 0) is 0 Å². The third kappa shape index (κ3) is 5.31. The lowest BCUT2D eigenvalue weighted by Gasteiger charge is -2.17. The second-order valence-corrected chi connectivity index (χ2v) is 11.3. The standard InChI is InChI=1S/C28H32N6O4S/c1-2-12-39-28-30-26(23-27(31-28)34(33-32-23)22-13-17(15-35)24(36)25(22)37)29-21-14-20(21)16-8-10-19(11-9-16)38-18-6-4-3-5-7-18/h3-11,17,20-22,24-25,35-37H,2,12-15H2,1H3,(H,29,30,31). The first-order chi connectivity index (χ1) is 19.1. The molecular weight excluding hydrogens is 516 g/mol. The second-order valence-electron chi connectivity index (χ2n) is 10.2. The van der Waals surface area contributed by atoms with Gasteiger partial charge in [-0.25, -0.2) is 14.6 Å². The maximum absolute atomic E-state index is 10.7. The number of fused-ring (bicyclic) bond motifs is 1. The molecule has 2 saturated carbocycles. The third-order valence-corrected chi connectivity index (χ3v) is 8.51. The van der Waals surface area contributed by atoms with Gasteiger partial charge in [0.2, 0.25) is 0 Å². The summed E-state index contributed by atoms with van der Waals surface area (Å²) < 4.78 is 7.50. The number of aromatic nitrogens is 5. The number of nitrogens with zero attached hydrogens (tertiary/aromatic N) is 5. The summed E-state index contributed by atoms with van der Waals surface area (Å²) >= 11 is 1.56. The Hall–Kier alpha value is -3.25. The molecule has 2 aromatic heterocycles. The van der Waals surface area contributed by atoms with Crippen LogP contribution in [0.5, 0.6) is 11.5 Å². The third-order valence-electron chi connectivity index (χ3n) is 7.46. The number of hydrogen-bond acceptors (Lipinski definition) is 10. The van der Waals surface area contributed by atoms with Gasteiger partial charge in [0.15, 0.2) is 22.1 Å². The number of anilines is 1. The first kappa shape index (κ1) is 26.0. The Kier molecular flexibility index (Phi) is 7.39. The van der Waals surface area contributed by atoms with E-state index in [4.69, 9.17) is 14.7 Å². The molecule has 0 spiro atoms. The fourth-order valence-corrected chi connectivity index (χ4v) is 5.91. The first-order valence-electron chi connectivity index (χ1n) is 13.4. The van der Waals surface area contributed by atoms with Crippen molar-refractivity contribution in [2.45, 2.75) is 61.6 Å². The summed E-state index contributed by atoms with van der Waals surface area (Å²) in [6.45, 7) is 1.90. The fraction of sp³-hybridized carbons (Fsp3) is 0.429. The van der Waals surface area contributed by atoms with E-state index in [1.165, 1.54) is 5.56 Å². The fourth-order valence-electron chi connectivity index (χ4n) is 5.22. The van der Waals surface area contributed by atoms with Crippen molar-refractivity contribution in [3.05, 3.63) is 60.2 Å². The molecule has 0 bridgehead atoms. The lowest BCUT2D eigenvalue weighted by Crippen LogP contribution is -2.30. The van der Waals surface area contributed by atoms with Gasteiger partial charge < -0.3 is 25.4 Å². The van der Waals surface area contributed by atoms with Gasteiger partial charge in [-0.2, -0.15) is 0 Å². The average Bonchev–Trinajstić information content (AvgIpc) is 3.50. The van der Waals surface area contributed by atoms with Gasteiger partial charge in [0, 0.05) is 30.2 Å². The van der Waals surface area contributed by atoms with Gasteiger partial charge in [-0.3, -0.25) is 0 Å². The van der Waals surface area contributed by atoms with Crippen LogP contribution < -0.4 is 10.1 Å². The SMILES string of the molecule is CCCSc1nc(NC2CC2c2ccc(Oc3ccccc3)cc2)c2nnn(C3CC(CO)C(O)C3O)c2n1. The number of benzene rings is 2. The summed E-state index contributed by atoms with van der Waals surface area (Å²) in [6.07, 6.45) is 0.237. The van der Waals surface area contributed by atoms with Crippen molar-refractivity contribution in [2.75, 3.05) is 17.7 Å². The van der Waals surface area contributed by atoms with Crippen molar-refractivity contribution in [1.82, 2.24) is 25.0 Å². The molecule has 0 saturated heterocycles. The van der Waals surface area contributed by atoms with Crippen LogP contribution in [0.2, 0.25) is 0 Å². The van der Waals surface area contributed by atoms with E-state index < -0.39 is 24.2 Å². The summed E-state index contributed by atoms with van der Waals surface area (Å²) in [5, 5.41) is 43.5. The van der Waals surface area contributed by atoms with Crippen molar-refractivity contribution in [1.29, 1.82) is 0 Å². The van der Waals surface area contributed by atoms with Gasteiger partial charge in [-0.1, -0.05) is 54.2 Å². The molecular formula is C28H32N6O4S. The molecule has 2 fully saturated rings. The summed E-state index contributed by atoms with van der Waals surface area (Å²) in [4.78, 5) is 9.48. The number of aliphatic hydroxyl groups is 3. The van der Waals surface area contributed by atoms with Crippen LogP contribution >= 0.6 is 11.8 Å². The molecule has 204 valence electrons. The van der Waals surface area contributed by atoms with Crippen LogP contribution in [0.15, 0.2) is 59.8 Å². The highest BCUT2D eigenvalue weighted by atomic mass is 32.2. The van der Waals surface area contributed by atoms with Crippen molar-refractivity contribution in [3.8, 4) is 11.5 Å². The molecule has 4 aromatic rings. The number of para-hydroxylation sites is 1. The van der Waals surface area contributed by atoms with E-state index in [9.17, 15) is 15.3 Å². The van der Waals surface area contributed by atoms with E-state index >= 15 is 0 Å². The van der Waals surface area contributed by atoms with Crippen LogP contribution in [0.1, 0.15) is 43.7 Å². The van der Waals surface area contributed by atoms with E-state index in [1.807, 2.05) is 42.5 Å². The van der Waals surface area contributed by atoms with E-state index in [2.05, 4.69) is 34.7 Å². The smallest absolute Gasteiger partial charge is 0.191 e. The lowest BCUT2D eigenvalue weighted by atomic mass is 10.1. The van der Waals surface area contributed by atoms with Crippen molar-refractivity contribution in [2.24, 2.45) is 5.92 Å². The van der Waals surface area contributed by atoms with Crippen molar-refractivity contribution >= 4 is 28.7 Å². The summed E-state index contributed by atoms with van der Waals surface area (Å²) in [7, 11) is 0. The molecule has 2 heterocycles. The highest BCUT2D eigenvalue weighted by molar-refractivity contribution is 7.99. The summed E-state index contributed by atoms with van der Waals surface area (Å²) in [5.74, 6) is 3.00. The Balaban J connectivity index is 1.21. The number of hydrogen-bond donors (Lipinski definition) is 4. The summed E-state index contributed by atoms with van der Waals surface area (Å²) in [5.41, 5.74) is 2.27. The first-order valence-corrected chi connectivity index (χ1v) is 14.4. The van der Waals surface area contributed by atoms with Gasteiger partial charge >= 0.3 is 0 Å². The monoisotopic (exact) mass is 548 g/mol. The minimum absolute atomic E-state index is 0.191. The molecule has 0 amide bonds. The van der Waals surface area contributed by atoms with Crippen LogP contribution in [0, 0.1) is 5.92 Å². The van der Waals surface area contributed by atoms with Gasteiger partial charge in [0.05, 0.1) is 12.1 Å². The molecule has 10 nitrogen and oxygen atoms in total. The molecule has 2 aromatic carbocycles. The molecule has 39 heavy (non-hydrogen) atoms. The Morgan fingerprint density at radius 2 is 1.77 bits per heavy atom. The molecule has 4 N–H and O–H groups in total. The normalized spacial score (nSPS) is 26.2. The molecule has 6 unspecified atom stereocenters. The topological polar surface area (TPSA) is 138 Å². The quantitative estimate of drug-likeness (QED) is 0.171. The minimum atomic E-state index is -1.06. The Morgan fingerprint density at radius 1 is 1.00 bits per heavy atom. The highest BCUT2D eigenvalue weighted by Gasteiger charge is 2.44. The molecule has 2 aliphatic carbocycles. The molecule has 6 atom stereocenters. The predicted octanol–water partition coefficient (Wildman–Crippen LogP) is 3.76. The van der Waals surface area contributed by atoms with E-state index in [-0.39, 0.29) is 12.6 Å². The lowest BCUT2D eigenvalue weighted by molar-refractivity contribution is -0.00512. The zero-order valence-corrected chi connectivity index (χ0v) is 22.4. The minimum Gasteiger partial charge on any atom is -0.457 e. The number of ether oxygens (including phenoxy) is 1. The van der Waals surface area contributed by atoms with Crippen LogP contribution in [0.4, 0.5) is 5.82 Å². The number of nitrogens with one attached hydrogen (secondary N) is 1. The molecule has 11 heteroatoms. The zero-order valence-electron chi connectivity index (χ0n) is 21.6. The summed E-state index contributed by atoms with van der Waals surface area (Å²) in [6, 6.07) is 17.6. The average molecular weight is 549 g/mol. The van der Waals surface area contributed by atoms with Crippen LogP contribution in [-0.4, -0.2) is 70.9 Å². The predicted molar refractivity (Wildman–Crippen MR) is 148 cm³/mol. The number of thioether (sulfide) groups is 1. The van der Waals surface area contributed by atoms with Crippen LogP contribution in [0.3, 0.4) is 0 Å². The van der Waals surface area contributed by atoms with Gasteiger partial charge in [0.1, 0.15) is 17.6 Å². The van der Waals surface area contributed by atoms with E-state index in [1.54, 1.807) is 16.4 Å². The number of aliphatic hydroxyl groups excluding tert-OH is 3. The van der Waals surface area contributed by atoms with Crippen molar-refractivity contribution < 1.29 is 20.1 Å². The maximum Gasteiger partial charge on any atom is 0.191 e. The van der Waals surface area contributed by atoms with Gasteiger partial charge in [-0.15, -0.1) is 5.10 Å². The van der Waals surface area contributed by atoms with Crippen LogP contribution in [0.25, 0.3) is 11.2 Å². The molecule has 0 radical (unpaired) electrons. The maximum atomic E-state index is 10.7. The van der Waals surface area contributed by atoms with Crippen molar-refractivity contribution in [3.63, 3.8) is 0 Å². The molecule has 2 aliphatic rings. The largest absolute Gasteiger partial charge is 0.457 e. The van der Waals surface area contributed by atoms with E-state index in [0.717, 1.165) is 30.1 Å². The zero-order chi connectivity index (χ0) is 26.9. The molecule has 6 rings (SSSR count). The Morgan fingerprint density at radius 3 is 2.49 bits per heavy atom. The highest BCUT2D eigenvalue weighted by Crippen LogP contribution is 2.44. The van der Waals surface area contributed by atoms with Gasteiger partial charge in [-0.05, 0) is 49.1 Å². The van der Waals surface area contributed by atoms with Gasteiger partial charge in [0.25, 0.3) is 0 Å². The Bertz CT molecular complexity index is 1420. The molecule has 0 aliphatic heterocycles. The Labute approximate surface area is 230 Å². The number of rotatable bonds is 10. The second kappa shape index (κ2) is 11.1.